The summed E-state index contributed by atoms with van der Waals surface area (Å²) in [4.78, 5) is 32.7. The number of aliphatic hydroxyl groups is 1. The molecule has 1 aliphatic rings. The van der Waals surface area contributed by atoms with Gasteiger partial charge in [-0.1, -0.05) is 115 Å². The van der Waals surface area contributed by atoms with Crippen LogP contribution in [0.5, 0.6) is 0 Å². The molecule has 7 nitrogen and oxygen atoms in total. The number of nitrogens with zero attached hydrogens (tertiary/aromatic N) is 3. The number of benzene rings is 4. The molecule has 1 heterocycles. The Morgan fingerprint density at radius 3 is 2.12 bits per heavy atom. The van der Waals surface area contributed by atoms with Crippen molar-refractivity contribution in [1.29, 1.82) is 0 Å². The van der Waals surface area contributed by atoms with E-state index in [2.05, 4.69) is 27.3 Å². The number of para-hydroxylation sites is 1. The van der Waals surface area contributed by atoms with E-state index in [0.717, 1.165) is 24.9 Å². The molecule has 0 saturated carbocycles. The first kappa shape index (κ1) is 30.9. The fraction of sp³-hybridized carbons (Fsp3) is 0.206. The second kappa shape index (κ2) is 14.7. The third-order valence-electron chi connectivity index (χ3n) is 7.28. The number of carboxylic acid groups (broad SMARTS) is 1. The maximum Gasteiger partial charge on any atom is 0.331 e. The number of hydrogen-bond acceptors (Lipinski definition) is 5. The molecule has 4 aromatic carbocycles. The van der Waals surface area contributed by atoms with E-state index >= 15 is 0 Å². The molecule has 2 N–H and O–H groups in total. The Labute approximate surface area is 255 Å². The van der Waals surface area contributed by atoms with Gasteiger partial charge in [-0.25, -0.2) is 4.79 Å². The summed E-state index contributed by atoms with van der Waals surface area (Å²) in [5, 5.41) is 25.7. The number of aliphatic imine (C=N–C) groups is 1. The maximum absolute atomic E-state index is 13.6. The SMILES string of the molecule is O=C(O)[C@H](N=C(c1ccccc1)c1ccccc1[N-]C(=O)[C@@H]1CCCN1Cc1ccccc1)[C@H](O)c1ccccc1.[Ni]. The van der Waals surface area contributed by atoms with Crippen LogP contribution in [-0.2, 0) is 32.6 Å². The third kappa shape index (κ3) is 7.40. The number of aliphatic hydroxyl groups excluding tert-OH is 1. The van der Waals surface area contributed by atoms with Crippen LogP contribution in [0.3, 0.4) is 0 Å². The van der Waals surface area contributed by atoms with Gasteiger partial charge in [0.25, 0.3) is 0 Å². The number of rotatable bonds is 10. The second-order valence-electron chi connectivity index (χ2n) is 10.1. The smallest absolute Gasteiger partial charge is 0.331 e. The summed E-state index contributed by atoms with van der Waals surface area (Å²) in [5.41, 5.74) is 3.51. The van der Waals surface area contributed by atoms with Crippen molar-refractivity contribution >= 4 is 23.3 Å². The van der Waals surface area contributed by atoms with Gasteiger partial charge in [0, 0.05) is 28.6 Å². The topological polar surface area (TPSA) is 104 Å². The van der Waals surface area contributed by atoms with Crippen molar-refractivity contribution < 1.29 is 36.3 Å². The third-order valence-corrected chi connectivity index (χ3v) is 7.28. The van der Waals surface area contributed by atoms with E-state index in [-0.39, 0.29) is 28.4 Å². The van der Waals surface area contributed by atoms with Gasteiger partial charge in [0.1, 0.15) is 6.10 Å². The molecule has 1 aliphatic heterocycles. The first-order valence-electron chi connectivity index (χ1n) is 13.7. The normalized spacial score (nSPS) is 16.7. The molecule has 3 atom stereocenters. The number of hydrogen-bond donors (Lipinski definition) is 2. The average molecular weight is 605 g/mol. The molecule has 0 radical (unpaired) electrons. The molecule has 0 bridgehead atoms. The van der Waals surface area contributed by atoms with E-state index in [1.807, 2.05) is 48.5 Å². The zero-order chi connectivity index (χ0) is 28.6. The molecular weight excluding hydrogens is 573 g/mol. The first-order valence-corrected chi connectivity index (χ1v) is 13.7. The van der Waals surface area contributed by atoms with Gasteiger partial charge in [-0.3, -0.25) is 9.89 Å². The summed E-state index contributed by atoms with van der Waals surface area (Å²) in [6, 6.07) is 33.1. The van der Waals surface area contributed by atoms with Crippen molar-refractivity contribution in [3.05, 3.63) is 143 Å². The van der Waals surface area contributed by atoms with Crippen molar-refractivity contribution in [2.24, 2.45) is 4.99 Å². The number of likely N-dealkylation sites (tertiary alicyclic amines) is 1. The van der Waals surface area contributed by atoms with Crippen molar-refractivity contribution in [2.45, 2.75) is 37.6 Å². The van der Waals surface area contributed by atoms with Gasteiger partial charge in [-0.05, 0) is 36.1 Å². The Morgan fingerprint density at radius 1 is 0.857 bits per heavy atom. The Hall–Kier alpha value is -4.10. The molecule has 0 aliphatic carbocycles. The van der Waals surface area contributed by atoms with Gasteiger partial charge < -0.3 is 20.3 Å². The number of carboxylic acids is 1. The van der Waals surface area contributed by atoms with Gasteiger partial charge in [-0.2, -0.15) is 0 Å². The molecule has 0 unspecified atom stereocenters. The van der Waals surface area contributed by atoms with Crippen LogP contribution in [-0.4, -0.2) is 51.3 Å². The van der Waals surface area contributed by atoms with E-state index in [9.17, 15) is 19.8 Å². The number of amides is 1. The van der Waals surface area contributed by atoms with Gasteiger partial charge in [-0.15, -0.1) is 5.69 Å². The Balaban J connectivity index is 0.00000405. The summed E-state index contributed by atoms with van der Waals surface area (Å²) in [7, 11) is 0. The van der Waals surface area contributed by atoms with E-state index in [1.54, 1.807) is 54.6 Å². The molecule has 1 fully saturated rings. The minimum atomic E-state index is -1.48. The number of carbonyl (C=O) groups is 2. The van der Waals surface area contributed by atoms with Gasteiger partial charge in [0.15, 0.2) is 6.04 Å². The van der Waals surface area contributed by atoms with Crippen LogP contribution in [0.1, 0.15) is 41.2 Å². The molecule has 1 amide bonds. The number of carbonyl (C=O) groups excluding carboxylic acids is 1. The predicted molar refractivity (Wildman–Crippen MR) is 159 cm³/mol. The Kier molecular flexibility index (Phi) is 10.8. The molecule has 218 valence electrons. The minimum absolute atomic E-state index is 0. The van der Waals surface area contributed by atoms with Gasteiger partial charge in [0.05, 0.1) is 17.7 Å². The molecule has 4 aromatic rings. The zero-order valence-corrected chi connectivity index (χ0v) is 23.9. The maximum atomic E-state index is 13.6. The summed E-state index contributed by atoms with van der Waals surface area (Å²) >= 11 is 0. The first-order chi connectivity index (χ1) is 20.0. The molecular formula is C34H32N3NiO4-. The molecule has 0 aromatic heterocycles. The summed E-state index contributed by atoms with van der Waals surface area (Å²) < 4.78 is 0. The molecule has 5 rings (SSSR count). The molecule has 42 heavy (non-hydrogen) atoms. The fourth-order valence-electron chi connectivity index (χ4n) is 5.21. The van der Waals surface area contributed by atoms with Crippen LogP contribution in [0.25, 0.3) is 5.32 Å². The monoisotopic (exact) mass is 604 g/mol. The van der Waals surface area contributed by atoms with Crippen molar-refractivity contribution in [3.8, 4) is 0 Å². The second-order valence-corrected chi connectivity index (χ2v) is 10.1. The molecule has 8 heteroatoms. The predicted octanol–water partition coefficient (Wildman–Crippen LogP) is 5.90. The summed E-state index contributed by atoms with van der Waals surface area (Å²) in [6.45, 7) is 1.49. The van der Waals surface area contributed by atoms with E-state index in [4.69, 9.17) is 0 Å². The van der Waals surface area contributed by atoms with Crippen LogP contribution in [0, 0.1) is 0 Å². The van der Waals surface area contributed by atoms with Gasteiger partial charge in [0.2, 0.25) is 0 Å². The molecule has 0 spiro atoms. The van der Waals surface area contributed by atoms with Crippen LogP contribution in [0.2, 0.25) is 0 Å². The van der Waals surface area contributed by atoms with E-state index < -0.39 is 18.1 Å². The van der Waals surface area contributed by atoms with E-state index in [0.29, 0.717) is 34.6 Å². The Morgan fingerprint density at radius 2 is 1.45 bits per heavy atom. The van der Waals surface area contributed by atoms with Crippen molar-refractivity contribution in [1.82, 2.24) is 4.90 Å². The Bertz CT molecular complexity index is 1500. The molecule has 1 saturated heterocycles. The van der Waals surface area contributed by atoms with Crippen molar-refractivity contribution in [3.63, 3.8) is 0 Å². The van der Waals surface area contributed by atoms with Crippen LogP contribution in [0.4, 0.5) is 5.69 Å². The summed E-state index contributed by atoms with van der Waals surface area (Å²) in [6.07, 6.45) is 0.263. The van der Waals surface area contributed by atoms with Crippen LogP contribution >= 0.6 is 0 Å². The fourth-order valence-corrected chi connectivity index (χ4v) is 5.21. The minimum Gasteiger partial charge on any atom is -0.625 e. The van der Waals surface area contributed by atoms with Crippen LogP contribution < -0.4 is 0 Å². The summed E-state index contributed by atoms with van der Waals surface area (Å²) in [5.74, 6) is -1.50. The van der Waals surface area contributed by atoms with E-state index in [1.165, 1.54) is 0 Å². The standard InChI is InChI=1S/C34H33N3O4.Ni/c38-32(26-17-8-3-9-18-26)31(34(40)41)36-30(25-15-6-2-7-16-25)27-19-10-11-20-28(27)35-33(39)29-21-12-22-37(29)23-24-13-4-1-5-14-24;/h1-11,13-20,29,31-32,38H,12,21-23H2,(H2,35,36,39,40,41);/p-1/t29-,31+,32+;/m0./s1. The average Bonchev–Trinajstić information content (AvgIpc) is 3.47. The quantitative estimate of drug-likeness (QED) is 0.173. The van der Waals surface area contributed by atoms with Crippen molar-refractivity contribution in [2.75, 3.05) is 6.54 Å². The zero-order valence-electron chi connectivity index (χ0n) is 22.9. The number of aliphatic carboxylic acids is 1. The van der Waals surface area contributed by atoms with Crippen LogP contribution in [0.15, 0.2) is 120 Å². The van der Waals surface area contributed by atoms with Gasteiger partial charge >= 0.3 is 5.97 Å². The largest absolute Gasteiger partial charge is 0.625 e.